The van der Waals surface area contributed by atoms with E-state index in [2.05, 4.69) is 0 Å². The van der Waals surface area contributed by atoms with Gasteiger partial charge in [0.2, 0.25) is 0 Å². The lowest BCUT2D eigenvalue weighted by Crippen LogP contribution is -2.25. The van der Waals surface area contributed by atoms with Crippen LogP contribution in [0.2, 0.25) is 0 Å². The van der Waals surface area contributed by atoms with Crippen molar-refractivity contribution in [1.82, 2.24) is 0 Å². The van der Waals surface area contributed by atoms with Crippen LogP contribution >= 0.6 is 0 Å². The van der Waals surface area contributed by atoms with Gasteiger partial charge in [-0.25, -0.2) is 4.79 Å². The second-order valence-electron chi connectivity index (χ2n) is 3.33. The molecule has 1 aliphatic heterocycles. The zero-order valence-corrected chi connectivity index (χ0v) is 8.66. The third-order valence-corrected chi connectivity index (χ3v) is 1.99. The first-order valence-corrected chi connectivity index (χ1v) is 5.21. The van der Waals surface area contributed by atoms with E-state index in [1.54, 1.807) is 0 Å². The third-order valence-electron chi connectivity index (χ3n) is 1.99. The number of esters is 1. The SMILES string of the molecule is CCCOC(=O)COC1CCCCO1. The van der Waals surface area contributed by atoms with Crippen LogP contribution in [0.25, 0.3) is 0 Å². The van der Waals surface area contributed by atoms with Gasteiger partial charge in [-0.1, -0.05) is 6.92 Å². The lowest BCUT2D eigenvalue weighted by molar-refractivity contribution is -0.181. The van der Waals surface area contributed by atoms with Crippen molar-refractivity contribution < 1.29 is 19.0 Å². The van der Waals surface area contributed by atoms with Gasteiger partial charge >= 0.3 is 5.97 Å². The highest BCUT2D eigenvalue weighted by atomic mass is 16.7. The number of ether oxygens (including phenoxy) is 3. The molecule has 0 N–H and O–H groups in total. The molecule has 4 nitrogen and oxygen atoms in total. The summed E-state index contributed by atoms with van der Waals surface area (Å²) in [6.07, 6.45) is 3.69. The quantitative estimate of drug-likeness (QED) is 0.633. The zero-order chi connectivity index (χ0) is 10.2. The smallest absolute Gasteiger partial charge is 0.332 e. The average Bonchev–Trinajstić information content (AvgIpc) is 2.25. The fourth-order valence-corrected chi connectivity index (χ4v) is 1.26. The van der Waals surface area contributed by atoms with E-state index in [1.807, 2.05) is 6.92 Å². The minimum absolute atomic E-state index is 0.00463. The first kappa shape index (κ1) is 11.5. The minimum Gasteiger partial charge on any atom is -0.464 e. The Morgan fingerprint density at radius 3 is 3.00 bits per heavy atom. The van der Waals surface area contributed by atoms with Gasteiger partial charge in [0.05, 0.1) is 6.61 Å². The summed E-state index contributed by atoms with van der Waals surface area (Å²) in [5.41, 5.74) is 0. The van der Waals surface area contributed by atoms with E-state index in [9.17, 15) is 4.79 Å². The molecule has 1 rings (SSSR count). The maximum atomic E-state index is 11.0. The van der Waals surface area contributed by atoms with Gasteiger partial charge in [0.25, 0.3) is 0 Å². The normalized spacial score (nSPS) is 21.9. The Bertz CT molecular complexity index is 164. The molecular weight excluding hydrogens is 184 g/mol. The van der Waals surface area contributed by atoms with Gasteiger partial charge in [0.1, 0.15) is 6.61 Å². The monoisotopic (exact) mass is 202 g/mol. The van der Waals surface area contributed by atoms with Gasteiger partial charge in [-0.3, -0.25) is 0 Å². The van der Waals surface area contributed by atoms with Crippen LogP contribution in [0.5, 0.6) is 0 Å². The van der Waals surface area contributed by atoms with Crippen LogP contribution < -0.4 is 0 Å². The minimum atomic E-state index is -0.305. The molecule has 0 radical (unpaired) electrons. The van der Waals surface area contributed by atoms with Crippen LogP contribution in [0.1, 0.15) is 32.6 Å². The molecule has 82 valence electrons. The lowest BCUT2D eigenvalue weighted by atomic mass is 10.2. The molecule has 0 aromatic carbocycles. The fraction of sp³-hybridized carbons (Fsp3) is 0.900. The lowest BCUT2D eigenvalue weighted by Gasteiger charge is -2.22. The van der Waals surface area contributed by atoms with Crippen molar-refractivity contribution >= 4 is 5.97 Å². The molecule has 14 heavy (non-hydrogen) atoms. The molecule has 1 unspecified atom stereocenters. The van der Waals surface area contributed by atoms with Gasteiger partial charge in [-0.05, 0) is 25.7 Å². The van der Waals surface area contributed by atoms with Crippen molar-refractivity contribution in [3.05, 3.63) is 0 Å². The Morgan fingerprint density at radius 1 is 1.50 bits per heavy atom. The number of carbonyl (C=O) groups excluding carboxylic acids is 1. The van der Waals surface area contributed by atoms with Gasteiger partial charge in [-0.15, -0.1) is 0 Å². The molecule has 0 bridgehead atoms. The van der Waals surface area contributed by atoms with Crippen LogP contribution in [0.15, 0.2) is 0 Å². The van der Waals surface area contributed by atoms with Gasteiger partial charge in [0, 0.05) is 6.61 Å². The molecule has 0 amide bonds. The molecule has 0 saturated carbocycles. The van der Waals surface area contributed by atoms with Crippen LogP contribution in [0.3, 0.4) is 0 Å². The highest BCUT2D eigenvalue weighted by Gasteiger charge is 2.15. The van der Waals surface area contributed by atoms with E-state index < -0.39 is 0 Å². The summed E-state index contributed by atoms with van der Waals surface area (Å²) in [6, 6.07) is 0. The molecule has 1 fully saturated rings. The molecule has 0 aromatic heterocycles. The fourth-order valence-electron chi connectivity index (χ4n) is 1.26. The predicted molar refractivity (Wildman–Crippen MR) is 50.8 cm³/mol. The van der Waals surface area contributed by atoms with Crippen molar-refractivity contribution in [2.75, 3.05) is 19.8 Å². The average molecular weight is 202 g/mol. The Balaban J connectivity index is 2.03. The maximum Gasteiger partial charge on any atom is 0.332 e. The summed E-state index contributed by atoms with van der Waals surface area (Å²) in [4.78, 5) is 11.0. The summed E-state index contributed by atoms with van der Waals surface area (Å²) in [6.45, 7) is 3.16. The Morgan fingerprint density at radius 2 is 2.36 bits per heavy atom. The van der Waals surface area contributed by atoms with E-state index in [1.165, 1.54) is 0 Å². The summed E-state index contributed by atoms with van der Waals surface area (Å²) >= 11 is 0. The Hall–Kier alpha value is -0.610. The second kappa shape index (κ2) is 6.79. The van der Waals surface area contributed by atoms with E-state index in [0.29, 0.717) is 6.61 Å². The number of hydrogen-bond donors (Lipinski definition) is 0. The number of rotatable bonds is 5. The molecule has 4 heteroatoms. The maximum absolute atomic E-state index is 11.0. The molecule has 1 saturated heterocycles. The van der Waals surface area contributed by atoms with E-state index in [0.717, 1.165) is 32.3 Å². The topological polar surface area (TPSA) is 44.8 Å². The summed E-state index contributed by atoms with van der Waals surface area (Å²) in [5, 5.41) is 0. The zero-order valence-electron chi connectivity index (χ0n) is 8.66. The van der Waals surface area contributed by atoms with E-state index in [4.69, 9.17) is 14.2 Å². The standard InChI is InChI=1S/C10H18O4/c1-2-6-12-9(11)8-14-10-5-3-4-7-13-10/h10H,2-8H2,1H3. The van der Waals surface area contributed by atoms with Gasteiger partial charge in [-0.2, -0.15) is 0 Å². The molecule has 0 aromatic rings. The van der Waals surface area contributed by atoms with E-state index >= 15 is 0 Å². The van der Waals surface area contributed by atoms with Crippen LogP contribution in [0, 0.1) is 0 Å². The predicted octanol–water partition coefficient (Wildman–Crippen LogP) is 1.48. The van der Waals surface area contributed by atoms with E-state index in [-0.39, 0.29) is 18.9 Å². The Kier molecular flexibility index (Phi) is 5.56. The van der Waals surface area contributed by atoms with Crippen LogP contribution in [-0.4, -0.2) is 32.1 Å². The van der Waals surface area contributed by atoms with Crippen molar-refractivity contribution in [2.45, 2.75) is 38.9 Å². The molecule has 1 aliphatic rings. The van der Waals surface area contributed by atoms with Gasteiger partial charge in [0.15, 0.2) is 6.29 Å². The largest absolute Gasteiger partial charge is 0.464 e. The first-order valence-electron chi connectivity index (χ1n) is 5.21. The van der Waals surface area contributed by atoms with Crippen molar-refractivity contribution in [3.63, 3.8) is 0 Å². The number of hydrogen-bond acceptors (Lipinski definition) is 4. The highest BCUT2D eigenvalue weighted by molar-refractivity contribution is 5.70. The number of carbonyl (C=O) groups is 1. The van der Waals surface area contributed by atoms with Crippen LogP contribution in [-0.2, 0) is 19.0 Å². The third kappa shape index (κ3) is 4.58. The van der Waals surface area contributed by atoms with Crippen molar-refractivity contribution in [2.24, 2.45) is 0 Å². The summed E-state index contributed by atoms with van der Waals surface area (Å²) in [5.74, 6) is -0.305. The summed E-state index contributed by atoms with van der Waals surface area (Å²) in [7, 11) is 0. The Labute approximate surface area is 84.5 Å². The van der Waals surface area contributed by atoms with Crippen LogP contribution in [0.4, 0.5) is 0 Å². The van der Waals surface area contributed by atoms with Crippen molar-refractivity contribution in [1.29, 1.82) is 0 Å². The van der Waals surface area contributed by atoms with Gasteiger partial charge < -0.3 is 14.2 Å². The molecule has 1 atom stereocenters. The highest BCUT2D eigenvalue weighted by Crippen LogP contribution is 2.13. The molecule has 0 spiro atoms. The first-order chi connectivity index (χ1) is 6.83. The summed E-state index contributed by atoms with van der Waals surface area (Å²) < 4.78 is 15.4. The molecule has 1 heterocycles. The second-order valence-corrected chi connectivity index (χ2v) is 3.33. The molecular formula is C10H18O4. The van der Waals surface area contributed by atoms with Crippen molar-refractivity contribution in [3.8, 4) is 0 Å². The molecule has 0 aliphatic carbocycles.